The lowest BCUT2D eigenvalue weighted by molar-refractivity contribution is 0.0277. The number of nitrogens with one attached hydrogen (secondary N) is 2. The average Bonchev–Trinajstić information content (AvgIpc) is 3.16. The van der Waals surface area contributed by atoms with Crippen LogP contribution in [-0.4, -0.2) is 61.8 Å². The third-order valence-corrected chi connectivity index (χ3v) is 6.88. The van der Waals surface area contributed by atoms with Crippen molar-refractivity contribution in [2.45, 2.75) is 70.9 Å². The van der Waals surface area contributed by atoms with Crippen LogP contribution >= 0.6 is 11.3 Å². The number of aliphatic imine (C=N–C) groups is 1. The number of ether oxygens (including phenoxy) is 1. The summed E-state index contributed by atoms with van der Waals surface area (Å²) in [6, 6.07) is 0. The van der Waals surface area contributed by atoms with Crippen molar-refractivity contribution in [3.63, 3.8) is 0 Å². The first kappa shape index (κ1) is 22.5. The van der Waals surface area contributed by atoms with Crippen LogP contribution in [0.15, 0.2) is 10.4 Å². The number of likely N-dealkylation sites (tertiary alicyclic amines) is 1. The second-order valence-electron chi connectivity index (χ2n) is 8.44. The number of piperidine rings is 1. The summed E-state index contributed by atoms with van der Waals surface area (Å²) in [6.45, 7) is 8.17. The maximum absolute atomic E-state index is 6.00. The van der Waals surface area contributed by atoms with Crippen LogP contribution in [0, 0.1) is 12.8 Å². The number of guanidine groups is 1. The molecule has 2 heterocycles. The van der Waals surface area contributed by atoms with Crippen molar-refractivity contribution in [2.24, 2.45) is 10.9 Å². The molecule has 2 aliphatic rings. The molecule has 29 heavy (non-hydrogen) atoms. The predicted molar refractivity (Wildman–Crippen MR) is 122 cm³/mol. The summed E-state index contributed by atoms with van der Waals surface area (Å²) < 4.78 is 6.00. The molecule has 0 bridgehead atoms. The molecule has 0 spiro atoms. The third-order valence-electron chi connectivity index (χ3n) is 6.06. The van der Waals surface area contributed by atoms with E-state index in [0.29, 0.717) is 6.10 Å². The summed E-state index contributed by atoms with van der Waals surface area (Å²) in [7, 11) is 1.85. The van der Waals surface area contributed by atoms with Gasteiger partial charge in [0, 0.05) is 38.7 Å². The Hall–Kier alpha value is -1.18. The number of rotatable bonds is 9. The van der Waals surface area contributed by atoms with Gasteiger partial charge in [0.25, 0.3) is 0 Å². The smallest absolute Gasteiger partial charge is 0.190 e. The second kappa shape index (κ2) is 12.5. The van der Waals surface area contributed by atoms with Crippen molar-refractivity contribution >= 4 is 17.3 Å². The standard InChI is InChI=1S/C22H39N5OS/c1-18-26-20(17-29-18)16-27-12-9-19(10-13-27)15-25-22(23-2)24-11-6-14-28-21-7-4-3-5-8-21/h17,19,21H,3-16H2,1-2H3,(H2,23,24,25). The van der Waals surface area contributed by atoms with Crippen LogP contribution in [0.1, 0.15) is 62.1 Å². The Kier molecular flexibility index (Phi) is 9.70. The molecule has 1 saturated carbocycles. The Morgan fingerprint density at radius 2 is 2.00 bits per heavy atom. The van der Waals surface area contributed by atoms with E-state index >= 15 is 0 Å². The minimum absolute atomic E-state index is 0.506. The topological polar surface area (TPSA) is 61.8 Å². The lowest BCUT2D eigenvalue weighted by atomic mass is 9.97. The van der Waals surface area contributed by atoms with Crippen molar-refractivity contribution in [3.8, 4) is 0 Å². The maximum atomic E-state index is 6.00. The number of aromatic nitrogens is 1. The molecule has 3 rings (SSSR count). The number of nitrogens with zero attached hydrogens (tertiary/aromatic N) is 3. The van der Waals surface area contributed by atoms with Gasteiger partial charge in [-0.3, -0.25) is 9.89 Å². The summed E-state index contributed by atoms with van der Waals surface area (Å²) >= 11 is 1.75. The van der Waals surface area contributed by atoms with Gasteiger partial charge in [-0.15, -0.1) is 11.3 Å². The highest BCUT2D eigenvalue weighted by molar-refractivity contribution is 7.09. The molecule has 1 aromatic rings. The van der Waals surface area contributed by atoms with E-state index in [-0.39, 0.29) is 0 Å². The molecule has 6 nitrogen and oxygen atoms in total. The Labute approximate surface area is 180 Å². The van der Waals surface area contributed by atoms with E-state index in [0.717, 1.165) is 57.6 Å². The van der Waals surface area contributed by atoms with E-state index in [9.17, 15) is 0 Å². The molecule has 0 aromatic carbocycles. The number of thiazole rings is 1. The molecule has 7 heteroatoms. The van der Waals surface area contributed by atoms with Gasteiger partial charge < -0.3 is 15.4 Å². The summed E-state index contributed by atoms with van der Waals surface area (Å²) in [5, 5.41) is 10.3. The van der Waals surface area contributed by atoms with Crippen molar-refractivity contribution < 1.29 is 4.74 Å². The maximum Gasteiger partial charge on any atom is 0.190 e. The van der Waals surface area contributed by atoms with Crippen LogP contribution in [-0.2, 0) is 11.3 Å². The van der Waals surface area contributed by atoms with E-state index < -0.39 is 0 Å². The Morgan fingerprint density at radius 1 is 1.21 bits per heavy atom. The molecule has 2 N–H and O–H groups in total. The fraction of sp³-hybridized carbons (Fsp3) is 0.818. The van der Waals surface area contributed by atoms with Crippen LogP contribution < -0.4 is 10.6 Å². The SMILES string of the molecule is CN=C(NCCCOC1CCCCC1)NCC1CCN(Cc2csc(C)n2)CC1. The molecule has 1 saturated heterocycles. The van der Waals surface area contributed by atoms with E-state index in [1.165, 1.54) is 55.6 Å². The first-order valence-corrected chi connectivity index (χ1v) is 12.3. The number of hydrogen-bond acceptors (Lipinski definition) is 5. The third kappa shape index (κ3) is 8.22. The number of aryl methyl sites for hydroxylation is 1. The molecule has 0 amide bonds. The summed E-state index contributed by atoms with van der Waals surface area (Å²) in [5.41, 5.74) is 1.22. The van der Waals surface area contributed by atoms with E-state index in [1.54, 1.807) is 11.3 Å². The molecule has 0 atom stereocenters. The van der Waals surface area contributed by atoms with Crippen LogP contribution in [0.5, 0.6) is 0 Å². The van der Waals surface area contributed by atoms with Gasteiger partial charge in [-0.25, -0.2) is 4.98 Å². The van der Waals surface area contributed by atoms with Crippen LogP contribution in [0.4, 0.5) is 0 Å². The zero-order valence-corrected chi connectivity index (χ0v) is 19.1. The highest BCUT2D eigenvalue weighted by atomic mass is 32.1. The quantitative estimate of drug-likeness (QED) is 0.363. The minimum Gasteiger partial charge on any atom is -0.378 e. The molecular weight excluding hydrogens is 382 g/mol. The highest BCUT2D eigenvalue weighted by Crippen LogP contribution is 2.20. The number of hydrogen-bond donors (Lipinski definition) is 2. The van der Waals surface area contributed by atoms with Crippen molar-refractivity contribution in [3.05, 3.63) is 16.1 Å². The monoisotopic (exact) mass is 421 g/mol. The zero-order chi connectivity index (χ0) is 20.3. The van der Waals surface area contributed by atoms with Crippen LogP contribution in [0.2, 0.25) is 0 Å². The molecule has 0 unspecified atom stereocenters. The summed E-state index contributed by atoms with van der Waals surface area (Å²) in [4.78, 5) is 11.5. The molecular formula is C22H39N5OS. The van der Waals surface area contributed by atoms with E-state index in [1.807, 2.05) is 7.05 Å². The normalized spacial score (nSPS) is 20.1. The molecule has 1 aromatic heterocycles. The predicted octanol–water partition coefficient (Wildman–Crippen LogP) is 3.57. The van der Waals surface area contributed by atoms with Crippen LogP contribution in [0.25, 0.3) is 0 Å². The van der Waals surface area contributed by atoms with Gasteiger partial charge in [-0.2, -0.15) is 0 Å². The molecule has 1 aliphatic heterocycles. The average molecular weight is 422 g/mol. The van der Waals surface area contributed by atoms with E-state index in [4.69, 9.17) is 4.74 Å². The van der Waals surface area contributed by atoms with Gasteiger partial charge in [-0.1, -0.05) is 19.3 Å². The molecule has 0 radical (unpaired) electrons. The van der Waals surface area contributed by atoms with Crippen LogP contribution in [0.3, 0.4) is 0 Å². The van der Waals surface area contributed by atoms with Crippen molar-refractivity contribution in [1.82, 2.24) is 20.5 Å². The molecule has 164 valence electrons. The van der Waals surface area contributed by atoms with Crippen molar-refractivity contribution in [2.75, 3.05) is 39.8 Å². The highest BCUT2D eigenvalue weighted by Gasteiger charge is 2.20. The Balaban J connectivity index is 1.23. The zero-order valence-electron chi connectivity index (χ0n) is 18.3. The molecule has 2 fully saturated rings. The second-order valence-corrected chi connectivity index (χ2v) is 9.50. The van der Waals surface area contributed by atoms with Crippen molar-refractivity contribution in [1.29, 1.82) is 0 Å². The van der Waals surface area contributed by atoms with Gasteiger partial charge in [0.05, 0.1) is 16.8 Å². The van der Waals surface area contributed by atoms with Gasteiger partial charge >= 0.3 is 0 Å². The summed E-state index contributed by atoms with van der Waals surface area (Å²) in [6.07, 6.45) is 10.6. The van der Waals surface area contributed by atoms with Gasteiger partial charge in [0.2, 0.25) is 0 Å². The molecule has 1 aliphatic carbocycles. The summed E-state index contributed by atoms with van der Waals surface area (Å²) in [5.74, 6) is 1.64. The minimum atomic E-state index is 0.506. The fourth-order valence-electron chi connectivity index (χ4n) is 4.28. The Bertz CT molecular complexity index is 606. The van der Waals surface area contributed by atoms with Gasteiger partial charge in [0.15, 0.2) is 5.96 Å². The fourth-order valence-corrected chi connectivity index (χ4v) is 4.88. The van der Waals surface area contributed by atoms with Gasteiger partial charge in [0.1, 0.15) is 0 Å². The van der Waals surface area contributed by atoms with Gasteiger partial charge in [-0.05, 0) is 58.0 Å². The largest absolute Gasteiger partial charge is 0.378 e. The van der Waals surface area contributed by atoms with E-state index in [2.05, 4.69) is 37.8 Å². The Morgan fingerprint density at radius 3 is 2.69 bits per heavy atom. The first-order chi connectivity index (χ1) is 14.2. The lowest BCUT2D eigenvalue weighted by Crippen LogP contribution is -2.43. The lowest BCUT2D eigenvalue weighted by Gasteiger charge is -2.31. The first-order valence-electron chi connectivity index (χ1n) is 11.4.